The highest BCUT2D eigenvalue weighted by molar-refractivity contribution is 5.89. The van der Waals surface area contributed by atoms with Crippen LogP contribution in [0.15, 0.2) is 42.5 Å². The molecule has 3 amide bonds. The number of carbonyl (C=O) groups excluding carboxylic acids is 2. The van der Waals surface area contributed by atoms with Crippen molar-refractivity contribution in [1.29, 1.82) is 0 Å². The van der Waals surface area contributed by atoms with Crippen molar-refractivity contribution in [2.75, 3.05) is 38.1 Å². The van der Waals surface area contributed by atoms with E-state index in [1.165, 1.54) is 0 Å². The summed E-state index contributed by atoms with van der Waals surface area (Å²) in [7, 11) is 0. The third kappa shape index (κ3) is 5.03. The zero-order chi connectivity index (χ0) is 20.1. The average molecular weight is 381 g/mol. The van der Waals surface area contributed by atoms with E-state index in [0.29, 0.717) is 26.2 Å². The van der Waals surface area contributed by atoms with Crippen molar-refractivity contribution < 1.29 is 14.3 Å². The van der Waals surface area contributed by atoms with E-state index in [9.17, 15) is 9.59 Å². The molecule has 0 aliphatic carbocycles. The molecule has 0 unspecified atom stereocenters. The fraction of sp³-hybridized carbons (Fsp3) is 0.364. The van der Waals surface area contributed by atoms with Gasteiger partial charge < -0.3 is 19.9 Å². The van der Waals surface area contributed by atoms with Gasteiger partial charge in [-0.2, -0.15) is 0 Å². The maximum absolute atomic E-state index is 12.4. The number of nitrogens with zero attached hydrogens (tertiary/aromatic N) is 2. The van der Waals surface area contributed by atoms with Crippen molar-refractivity contribution in [2.45, 2.75) is 20.8 Å². The van der Waals surface area contributed by atoms with E-state index in [2.05, 4.69) is 5.32 Å². The molecule has 1 fully saturated rings. The maximum atomic E-state index is 12.4. The summed E-state index contributed by atoms with van der Waals surface area (Å²) in [6.45, 7) is 8.03. The molecule has 2 aromatic rings. The molecule has 0 aromatic heterocycles. The first-order chi connectivity index (χ1) is 13.4. The molecule has 1 aliphatic rings. The van der Waals surface area contributed by atoms with Gasteiger partial charge in [-0.3, -0.25) is 4.79 Å². The number of carbonyl (C=O) groups is 2. The lowest BCUT2D eigenvalue weighted by atomic mass is 10.1. The Labute approximate surface area is 166 Å². The largest absolute Gasteiger partial charge is 0.484 e. The molecular weight excluding hydrogens is 354 g/mol. The Morgan fingerprint density at radius 3 is 2.29 bits per heavy atom. The van der Waals surface area contributed by atoms with Gasteiger partial charge in [-0.15, -0.1) is 0 Å². The Morgan fingerprint density at radius 1 is 0.929 bits per heavy atom. The Hall–Kier alpha value is -3.02. The number of piperazine rings is 1. The molecule has 1 saturated heterocycles. The maximum Gasteiger partial charge on any atom is 0.321 e. The zero-order valence-corrected chi connectivity index (χ0v) is 16.7. The lowest BCUT2D eigenvalue weighted by molar-refractivity contribution is -0.134. The summed E-state index contributed by atoms with van der Waals surface area (Å²) in [5.74, 6) is 0.675. The smallest absolute Gasteiger partial charge is 0.321 e. The predicted molar refractivity (Wildman–Crippen MR) is 110 cm³/mol. The average Bonchev–Trinajstić information content (AvgIpc) is 2.67. The number of anilines is 1. The van der Waals surface area contributed by atoms with Crippen LogP contribution in [0.5, 0.6) is 5.75 Å². The number of urea groups is 1. The van der Waals surface area contributed by atoms with E-state index in [-0.39, 0.29) is 18.5 Å². The summed E-state index contributed by atoms with van der Waals surface area (Å²) in [5, 5.41) is 2.91. The van der Waals surface area contributed by atoms with Crippen molar-refractivity contribution in [3.05, 3.63) is 59.2 Å². The van der Waals surface area contributed by atoms with Gasteiger partial charge in [0.2, 0.25) is 0 Å². The fourth-order valence-electron chi connectivity index (χ4n) is 3.28. The SMILES string of the molecule is Cc1cccc(NC(=O)N2CCN(C(=O)COc3ccc(C)cc3C)CC2)c1. The lowest BCUT2D eigenvalue weighted by Crippen LogP contribution is -2.52. The summed E-state index contributed by atoms with van der Waals surface area (Å²) in [4.78, 5) is 28.3. The first-order valence-corrected chi connectivity index (χ1v) is 9.53. The molecule has 0 saturated carbocycles. The Morgan fingerprint density at radius 2 is 1.61 bits per heavy atom. The van der Waals surface area contributed by atoms with Gasteiger partial charge in [0.1, 0.15) is 5.75 Å². The van der Waals surface area contributed by atoms with Crippen molar-refractivity contribution >= 4 is 17.6 Å². The Kier molecular flexibility index (Phi) is 6.19. The Bertz CT molecular complexity index is 858. The molecule has 6 heteroatoms. The van der Waals surface area contributed by atoms with E-state index in [1.54, 1.807) is 9.80 Å². The quantitative estimate of drug-likeness (QED) is 0.883. The summed E-state index contributed by atoms with van der Waals surface area (Å²) < 4.78 is 5.69. The molecule has 6 nitrogen and oxygen atoms in total. The van der Waals surface area contributed by atoms with Gasteiger partial charge in [-0.1, -0.05) is 29.8 Å². The zero-order valence-electron chi connectivity index (χ0n) is 16.7. The summed E-state index contributed by atoms with van der Waals surface area (Å²) in [6, 6.07) is 13.5. The minimum absolute atomic E-state index is 0.0133. The van der Waals surface area contributed by atoms with Crippen LogP contribution >= 0.6 is 0 Å². The van der Waals surface area contributed by atoms with Crippen LogP contribution in [-0.2, 0) is 4.79 Å². The predicted octanol–water partition coefficient (Wildman–Crippen LogP) is 3.37. The highest BCUT2D eigenvalue weighted by atomic mass is 16.5. The molecule has 148 valence electrons. The topological polar surface area (TPSA) is 61.9 Å². The van der Waals surface area contributed by atoms with Crippen LogP contribution in [0.4, 0.5) is 10.5 Å². The standard InChI is InChI=1S/C22H27N3O3/c1-16-5-4-6-19(14-16)23-22(27)25-11-9-24(10-12-25)21(26)15-28-20-8-7-17(2)13-18(20)3/h4-8,13-14H,9-12,15H2,1-3H3,(H,23,27). The molecule has 3 rings (SSSR count). The molecule has 1 aliphatic heterocycles. The summed E-state index contributed by atoms with van der Waals surface area (Å²) in [5.41, 5.74) is 4.06. The second-order valence-corrected chi connectivity index (χ2v) is 7.23. The summed E-state index contributed by atoms with van der Waals surface area (Å²) >= 11 is 0. The first kappa shape index (κ1) is 19.7. The number of nitrogens with one attached hydrogen (secondary N) is 1. The van der Waals surface area contributed by atoms with Gasteiger partial charge in [0.05, 0.1) is 0 Å². The third-order valence-corrected chi connectivity index (χ3v) is 4.87. The minimum atomic E-state index is -0.135. The number of amides is 3. The van der Waals surface area contributed by atoms with Gasteiger partial charge in [-0.25, -0.2) is 4.79 Å². The van der Waals surface area contributed by atoms with Gasteiger partial charge in [0.15, 0.2) is 6.61 Å². The van der Waals surface area contributed by atoms with E-state index >= 15 is 0 Å². The fourth-order valence-corrected chi connectivity index (χ4v) is 3.28. The van der Waals surface area contributed by atoms with Gasteiger partial charge in [0.25, 0.3) is 5.91 Å². The molecule has 0 spiro atoms. The lowest BCUT2D eigenvalue weighted by Gasteiger charge is -2.34. The Balaban J connectivity index is 1.46. The van der Waals surface area contributed by atoms with Crippen molar-refractivity contribution in [3.63, 3.8) is 0 Å². The summed E-state index contributed by atoms with van der Waals surface area (Å²) in [6.07, 6.45) is 0. The minimum Gasteiger partial charge on any atom is -0.484 e. The number of ether oxygens (including phenoxy) is 1. The van der Waals surface area contributed by atoms with E-state index in [4.69, 9.17) is 4.74 Å². The number of aryl methyl sites for hydroxylation is 3. The van der Waals surface area contributed by atoms with Crippen molar-refractivity contribution in [1.82, 2.24) is 9.80 Å². The molecule has 0 radical (unpaired) electrons. The van der Waals surface area contributed by atoms with Crippen LogP contribution in [0, 0.1) is 20.8 Å². The number of hydrogen-bond acceptors (Lipinski definition) is 3. The number of hydrogen-bond donors (Lipinski definition) is 1. The van der Waals surface area contributed by atoms with Crippen LogP contribution < -0.4 is 10.1 Å². The van der Waals surface area contributed by atoms with Crippen molar-refractivity contribution in [2.24, 2.45) is 0 Å². The molecule has 0 bridgehead atoms. The van der Waals surface area contributed by atoms with Crippen LogP contribution in [0.25, 0.3) is 0 Å². The third-order valence-electron chi connectivity index (χ3n) is 4.87. The van der Waals surface area contributed by atoms with E-state index < -0.39 is 0 Å². The van der Waals surface area contributed by atoms with Crippen LogP contribution in [-0.4, -0.2) is 54.5 Å². The van der Waals surface area contributed by atoms with Crippen LogP contribution in [0.1, 0.15) is 16.7 Å². The van der Waals surface area contributed by atoms with Gasteiger partial charge in [-0.05, 0) is 50.1 Å². The monoisotopic (exact) mass is 381 g/mol. The second-order valence-electron chi connectivity index (χ2n) is 7.23. The van der Waals surface area contributed by atoms with Crippen LogP contribution in [0.3, 0.4) is 0 Å². The normalized spacial score (nSPS) is 14.0. The first-order valence-electron chi connectivity index (χ1n) is 9.53. The highest BCUT2D eigenvalue weighted by Gasteiger charge is 2.24. The molecule has 1 N–H and O–H groups in total. The van der Waals surface area contributed by atoms with Gasteiger partial charge in [0, 0.05) is 31.9 Å². The molecule has 2 aromatic carbocycles. The number of rotatable bonds is 4. The highest BCUT2D eigenvalue weighted by Crippen LogP contribution is 2.19. The van der Waals surface area contributed by atoms with Crippen LogP contribution in [0.2, 0.25) is 0 Å². The number of benzene rings is 2. The van der Waals surface area contributed by atoms with Gasteiger partial charge >= 0.3 is 6.03 Å². The second kappa shape index (κ2) is 8.78. The van der Waals surface area contributed by atoms with E-state index in [1.807, 2.05) is 63.2 Å². The van der Waals surface area contributed by atoms with Crippen molar-refractivity contribution in [3.8, 4) is 5.75 Å². The molecular formula is C22H27N3O3. The molecule has 1 heterocycles. The molecule has 28 heavy (non-hydrogen) atoms. The van der Waals surface area contributed by atoms with E-state index in [0.717, 1.165) is 28.1 Å². The molecule has 0 atom stereocenters.